The quantitative estimate of drug-likeness (QED) is 0.827. The van der Waals surface area contributed by atoms with E-state index in [2.05, 4.69) is 15.9 Å². The monoisotopic (exact) mass is 288 g/mol. The largest absolute Gasteiger partial charge is 0.366 e. The molecule has 0 saturated heterocycles. The van der Waals surface area contributed by atoms with Crippen molar-refractivity contribution in [3.05, 3.63) is 34.1 Å². The summed E-state index contributed by atoms with van der Waals surface area (Å²) < 4.78 is 18.8. The summed E-state index contributed by atoms with van der Waals surface area (Å²) in [7, 11) is 0. The zero-order chi connectivity index (χ0) is 12.1. The van der Waals surface area contributed by atoms with Gasteiger partial charge in [-0.2, -0.15) is 0 Å². The molecule has 0 bridgehead atoms. The summed E-state index contributed by atoms with van der Waals surface area (Å²) in [4.78, 5) is 11.4. The Morgan fingerprint density at radius 3 is 2.75 bits per heavy atom. The van der Waals surface area contributed by atoms with Crippen molar-refractivity contribution in [1.82, 2.24) is 0 Å². The Kier molecular flexibility index (Phi) is 5.09. The molecule has 0 radical (unpaired) electrons. The molecule has 0 heterocycles. The Morgan fingerprint density at radius 2 is 2.25 bits per heavy atom. The van der Waals surface area contributed by atoms with Crippen molar-refractivity contribution in [3.63, 3.8) is 0 Å². The Balaban J connectivity index is 2.92. The van der Waals surface area contributed by atoms with Crippen LogP contribution in [0.15, 0.2) is 22.7 Å². The maximum absolute atomic E-state index is 13.0. The van der Waals surface area contributed by atoms with Gasteiger partial charge in [0.25, 0.3) is 0 Å². The van der Waals surface area contributed by atoms with Crippen molar-refractivity contribution < 1.29 is 13.9 Å². The Labute approximate surface area is 103 Å². The predicted molar refractivity (Wildman–Crippen MR) is 63.8 cm³/mol. The molecule has 0 aliphatic rings. The van der Waals surface area contributed by atoms with Gasteiger partial charge in [0.15, 0.2) is 5.78 Å². The van der Waals surface area contributed by atoms with E-state index in [4.69, 9.17) is 4.74 Å². The topological polar surface area (TPSA) is 26.3 Å². The zero-order valence-corrected chi connectivity index (χ0v) is 10.9. The molecule has 1 aromatic rings. The van der Waals surface area contributed by atoms with Gasteiger partial charge in [-0.3, -0.25) is 4.79 Å². The molecule has 0 N–H and O–H groups in total. The lowest BCUT2D eigenvalue weighted by Crippen LogP contribution is -2.13. The molecule has 0 aromatic heterocycles. The summed E-state index contributed by atoms with van der Waals surface area (Å²) in [6.07, 6.45) is 0.239. The van der Waals surface area contributed by atoms with Crippen LogP contribution in [-0.2, 0) is 9.53 Å². The molecule has 0 fully saturated rings. The molecule has 1 unspecified atom stereocenters. The first-order valence-corrected chi connectivity index (χ1v) is 5.92. The molecule has 0 saturated carbocycles. The Bertz CT molecular complexity index is 379. The van der Waals surface area contributed by atoms with Crippen LogP contribution >= 0.6 is 15.9 Å². The molecule has 0 spiro atoms. The summed E-state index contributed by atoms with van der Waals surface area (Å²) in [6.45, 7) is 3.95. The summed E-state index contributed by atoms with van der Waals surface area (Å²) >= 11 is 3.09. The number of ketones is 1. The molecule has 0 aliphatic heterocycles. The number of Topliss-reactive ketones (excluding diaryl/α,β-unsaturated/α-hetero) is 1. The second-order valence-corrected chi connectivity index (χ2v) is 4.39. The van der Waals surface area contributed by atoms with Crippen LogP contribution in [0.1, 0.15) is 31.9 Å². The molecule has 4 heteroatoms. The molecule has 1 aromatic carbocycles. The highest BCUT2D eigenvalue weighted by atomic mass is 79.9. The van der Waals surface area contributed by atoms with Crippen molar-refractivity contribution in [1.29, 1.82) is 0 Å². The highest BCUT2D eigenvalue weighted by Gasteiger charge is 2.17. The van der Waals surface area contributed by atoms with E-state index in [1.807, 2.05) is 6.92 Å². The summed E-state index contributed by atoms with van der Waals surface area (Å²) in [6, 6.07) is 4.48. The van der Waals surface area contributed by atoms with Gasteiger partial charge in [-0.15, -0.1) is 0 Å². The molecule has 16 heavy (non-hydrogen) atoms. The summed E-state index contributed by atoms with van der Waals surface area (Å²) in [5.41, 5.74) is 0.675. The first-order valence-electron chi connectivity index (χ1n) is 5.13. The number of ether oxygens (including phenoxy) is 1. The second kappa shape index (κ2) is 6.11. The van der Waals surface area contributed by atoms with Gasteiger partial charge in [0.05, 0.1) is 4.47 Å². The van der Waals surface area contributed by atoms with Gasteiger partial charge in [0.2, 0.25) is 0 Å². The van der Waals surface area contributed by atoms with Crippen LogP contribution in [0.4, 0.5) is 4.39 Å². The third kappa shape index (κ3) is 3.39. The third-order valence-electron chi connectivity index (χ3n) is 2.10. The third-order valence-corrected chi connectivity index (χ3v) is 2.71. The first-order chi connectivity index (χ1) is 7.56. The number of carbonyl (C=O) groups excluding carboxylic acids is 1. The van der Waals surface area contributed by atoms with Crippen LogP contribution in [0.25, 0.3) is 0 Å². The molecular formula is C12H14BrFO2. The smallest absolute Gasteiger partial charge is 0.163 e. The van der Waals surface area contributed by atoms with Crippen molar-refractivity contribution in [2.24, 2.45) is 0 Å². The number of carbonyl (C=O) groups is 1. The summed E-state index contributed by atoms with van der Waals surface area (Å²) in [5.74, 6) is -0.423. The molecule has 0 aliphatic carbocycles. The van der Waals surface area contributed by atoms with E-state index in [1.54, 1.807) is 12.1 Å². The normalized spacial score (nSPS) is 12.5. The minimum Gasteiger partial charge on any atom is -0.366 e. The molecule has 1 atom stereocenters. The average Bonchev–Trinajstić information content (AvgIpc) is 2.23. The van der Waals surface area contributed by atoms with Gasteiger partial charge >= 0.3 is 0 Å². The van der Waals surface area contributed by atoms with E-state index < -0.39 is 6.10 Å². The van der Waals surface area contributed by atoms with E-state index in [-0.39, 0.29) is 11.6 Å². The van der Waals surface area contributed by atoms with E-state index in [1.165, 1.54) is 13.0 Å². The van der Waals surface area contributed by atoms with Crippen LogP contribution < -0.4 is 0 Å². The van der Waals surface area contributed by atoms with Crippen LogP contribution in [0, 0.1) is 5.82 Å². The average molecular weight is 289 g/mol. The van der Waals surface area contributed by atoms with Crippen molar-refractivity contribution in [3.8, 4) is 0 Å². The molecule has 88 valence electrons. The lowest BCUT2D eigenvalue weighted by atomic mass is 10.1. The first kappa shape index (κ1) is 13.3. The van der Waals surface area contributed by atoms with Crippen LogP contribution in [0.3, 0.4) is 0 Å². The minimum atomic E-state index is -0.600. The molecule has 2 nitrogen and oxygen atoms in total. The fourth-order valence-corrected chi connectivity index (χ4v) is 1.76. The highest BCUT2D eigenvalue weighted by molar-refractivity contribution is 9.10. The van der Waals surface area contributed by atoms with Crippen molar-refractivity contribution >= 4 is 21.7 Å². The van der Waals surface area contributed by atoms with E-state index in [9.17, 15) is 9.18 Å². The maximum atomic E-state index is 13.0. The van der Waals surface area contributed by atoms with E-state index in [0.29, 0.717) is 16.6 Å². The lowest BCUT2D eigenvalue weighted by Gasteiger charge is -2.15. The van der Waals surface area contributed by atoms with Crippen LogP contribution in [0.2, 0.25) is 0 Å². The number of hydrogen-bond donors (Lipinski definition) is 0. The van der Waals surface area contributed by atoms with Crippen LogP contribution in [-0.4, -0.2) is 12.4 Å². The lowest BCUT2D eigenvalue weighted by molar-refractivity contribution is -0.128. The molecule has 0 amide bonds. The molecule has 1 rings (SSSR count). The Hall–Kier alpha value is -0.740. The van der Waals surface area contributed by atoms with Gasteiger partial charge in [-0.25, -0.2) is 4.39 Å². The van der Waals surface area contributed by atoms with Crippen molar-refractivity contribution in [2.75, 3.05) is 6.61 Å². The number of benzene rings is 1. The van der Waals surface area contributed by atoms with E-state index >= 15 is 0 Å². The molecular weight excluding hydrogens is 275 g/mol. The second-order valence-electron chi connectivity index (χ2n) is 3.54. The van der Waals surface area contributed by atoms with Crippen molar-refractivity contribution in [2.45, 2.75) is 26.4 Å². The standard InChI is InChI=1S/C12H14BrFO2/c1-3-6-16-12(8(2)15)9-4-5-11(14)10(13)7-9/h4-5,7,12H,3,6H2,1-2H3. The summed E-state index contributed by atoms with van der Waals surface area (Å²) in [5, 5.41) is 0. The van der Waals surface area contributed by atoms with E-state index in [0.717, 1.165) is 6.42 Å². The number of rotatable bonds is 5. The Morgan fingerprint density at radius 1 is 1.56 bits per heavy atom. The SMILES string of the molecule is CCCOC(C(C)=O)c1ccc(F)c(Br)c1. The van der Waals surface area contributed by atoms with Gasteiger partial charge in [-0.1, -0.05) is 13.0 Å². The fourth-order valence-electron chi connectivity index (χ4n) is 1.36. The fraction of sp³-hybridized carbons (Fsp3) is 0.417. The highest BCUT2D eigenvalue weighted by Crippen LogP contribution is 2.24. The maximum Gasteiger partial charge on any atom is 0.163 e. The predicted octanol–water partition coefficient (Wildman–Crippen LogP) is 3.64. The van der Waals surface area contributed by atoms with Gasteiger partial charge in [-0.05, 0) is 47.0 Å². The van der Waals surface area contributed by atoms with Gasteiger partial charge < -0.3 is 4.74 Å². The van der Waals surface area contributed by atoms with Crippen LogP contribution in [0.5, 0.6) is 0 Å². The number of halogens is 2. The van der Waals surface area contributed by atoms with Gasteiger partial charge in [0, 0.05) is 6.61 Å². The zero-order valence-electron chi connectivity index (χ0n) is 9.30. The number of hydrogen-bond acceptors (Lipinski definition) is 2. The minimum absolute atomic E-state index is 0.0769. The van der Waals surface area contributed by atoms with Gasteiger partial charge in [0.1, 0.15) is 11.9 Å².